The molecule has 1 amide bonds. The minimum absolute atomic E-state index is 0.0985. The van der Waals surface area contributed by atoms with Gasteiger partial charge in [0.05, 0.1) is 19.4 Å². The van der Waals surface area contributed by atoms with Crippen molar-refractivity contribution >= 4 is 11.9 Å². The Kier molecular flexibility index (Phi) is 5.44. The van der Waals surface area contributed by atoms with Crippen LogP contribution >= 0.6 is 0 Å². The van der Waals surface area contributed by atoms with E-state index in [1.165, 1.54) is 0 Å². The molecule has 1 fully saturated rings. The summed E-state index contributed by atoms with van der Waals surface area (Å²) < 4.78 is 10.8. The number of methoxy groups -OCH3 is 1. The third kappa shape index (κ3) is 4.27. The molecule has 6 heteroatoms. The van der Waals surface area contributed by atoms with Gasteiger partial charge in [-0.05, 0) is 31.5 Å². The lowest BCUT2D eigenvalue weighted by Crippen LogP contribution is -2.42. The molecule has 0 unspecified atom stereocenters. The second-order valence-corrected chi connectivity index (χ2v) is 7.20. The van der Waals surface area contributed by atoms with Crippen LogP contribution in [0, 0.1) is 5.92 Å². The first-order chi connectivity index (χ1) is 12.9. The van der Waals surface area contributed by atoms with Gasteiger partial charge in [-0.15, -0.1) is 0 Å². The Bertz CT molecular complexity index is 820. The van der Waals surface area contributed by atoms with E-state index in [1.54, 1.807) is 38.3 Å². The summed E-state index contributed by atoms with van der Waals surface area (Å²) in [7, 11) is 1.61. The number of nitrogens with zero attached hydrogens (tertiary/aromatic N) is 2. The second-order valence-electron chi connectivity index (χ2n) is 7.20. The summed E-state index contributed by atoms with van der Waals surface area (Å²) in [5, 5.41) is 0. The Balaban J connectivity index is 1.89. The van der Waals surface area contributed by atoms with Crippen molar-refractivity contribution in [3.05, 3.63) is 59.9 Å². The summed E-state index contributed by atoms with van der Waals surface area (Å²) in [4.78, 5) is 31.0. The summed E-state index contributed by atoms with van der Waals surface area (Å²) in [6, 6.07) is 11.4. The Morgan fingerprint density at radius 1 is 1.26 bits per heavy atom. The number of carbonyl (C=O) groups is 2. The van der Waals surface area contributed by atoms with Gasteiger partial charge in [-0.25, -0.2) is 0 Å². The van der Waals surface area contributed by atoms with Crippen molar-refractivity contribution in [1.29, 1.82) is 0 Å². The van der Waals surface area contributed by atoms with E-state index in [0.29, 0.717) is 13.1 Å². The monoisotopic (exact) mass is 368 g/mol. The smallest absolute Gasteiger partial charge is 0.307 e. The molecule has 0 bridgehead atoms. The molecule has 0 radical (unpaired) electrons. The van der Waals surface area contributed by atoms with Crippen LogP contribution in [0.2, 0.25) is 0 Å². The van der Waals surface area contributed by atoms with E-state index in [1.807, 2.05) is 36.4 Å². The third-order valence-corrected chi connectivity index (χ3v) is 4.85. The van der Waals surface area contributed by atoms with Gasteiger partial charge in [0.2, 0.25) is 5.91 Å². The molecule has 6 nitrogen and oxygen atoms in total. The lowest BCUT2D eigenvalue weighted by Gasteiger charge is -2.31. The van der Waals surface area contributed by atoms with Crippen molar-refractivity contribution in [3.63, 3.8) is 0 Å². The molecule has 1 aliphatic rings. The number of ether oxygens (including phenoxy) is 2. The fourth-order valence-corrected chi connectivity index (χ4v) is 3.39. The van der Waals surface area contributed by atoms with E-state index >= 15 is 0 Å². The molecule has 27 heavy (non-hydrogen) atoms. The highest BCUT2D eigenvalue weighted by molar-refractivity contribution is 5.87. The van der Waals surface area contributed by atoms with E-state index in [4.69, 9.17) is 9.47 Å². The van der Waals surface area contributed by atoms with Crippen molar-refractivity contribution < 1.29 is 19.1 Å². The summed E-state index contributed by atoms with van der Waals surface area (Å²) in [6.07, 6.45) is 3.54. The van der Waals surface area contributed by atoms with Crippen LogP contribution in [0.4, 0.5) is 0 Å². The van der Waals surface area contributed by atoms with E-state index in [-0.39, 0.29) is 18.3 Å². The maximum atomic E-state index is 13.3. The molecular weight excluding hydrogens is 344 g/mol. The molecular formula is C21H24N2O4. The lowest BCUT2D eigenvalue weighted by atomic mass is 9.89. The van der Waals surface area contributed by atoms with E-state index < -0.39 is 11.5 Å². The highest BCUT2D eigenvalue weighted by atomic mass is 16.6. The highest BCUT2D eigenvalue weighted by Crippen LogP contribution is 2.35. The Morgan fingerprint density at radius 2 is 2.04 bits per heavy atom. The Hall–Kier alpha value is -2.89. The number of cyclic esters (lactones) is 1. The largest absolute Gasteiger partial charge is 0.496 e. The van der Waals surface area contributed by atoms with Gasteiger partial charge >= 0.3 is 5.97 Å². The maximum Gasteiger partial charge on any atom is 0.307 e. The Morgan fingerprint density at radius 3 is 2.67 bits per heavy atom. The van der Waals surface area contributed by atoms with Gasteiger partial charge < -0.3 is 14.4 Å². The topological polar surface area (TPSA) is 68.7 Å². The molecule has 2 heterocycles. The third-order valence-electron chi connectivity index (χ3n) is 4.85. The van der Waals surface area contributed by atoms with Crippen LogP contribution in [0.1, 0.15) is 31.4 Å². The SMILES string of the molecule is COc1ccccc1CN(Cc1cccnc1)C(=O)[C@@H]1CC(=O)OC1(C)C. The molecule has 1 aromatic heterocycles. The summed E-state index contributed by atoms with van der Waals surface area (Å²) in [6.45, 7) is 4.33. The van der Waals surface area contributed by atoms with Crippen molar-refractivity contribution in [2.75, 3.05) is 7.11 Å². The van der Waals surface area contributed by atoms with Gasteiger partial charge in [0.15, 0.2) is 0 Å². The van der Waals surface area contributed by atoms with Gasteiger partial charge in [-0.3, -0.25) is 14.6 Å². The van der Waals surface area contributed by atoms with Crippen LogP contribution in [0.3, 0.4) is 0 Å². The summed E-state index contributed by atoms with van der Waals surface area (Å²) in [5.74, 6) is -0.242. The number of hydrogen-bond acceptors (Lipinski definition) is 5. The minimum atomic E-state index is -0.817. The van der Waals surface area contributed by atoms with Crippen molar-refractivity contribution in [3.8, 4) is 5.75 Å². The normalized spacial score (nSPS) is 18.0. The van der Waals surface area contributed by atoms with Crippen LogP contribution in [0.25, 0.3) is 0 Å². The number of aromatic nitrogens is 1. The fourth-order valence-electron chi connectivity index (χ4n) is 3.39. The van der Waals surface area contributed by atoms with Crippen molar-refractivity contribution in [2.24, 2.45) is 5.92 Å². The first-order valence-electron chi connectivity index (χ1n) is 8.92. The van der Waals surface area contributed by atoms with Crippen LogP contribution < -0.4 is 4.74 Å². The zero-order chi connectivity index (χ0) is 19.4. The zero-order valence-corrected chi connectivity index (χ0v) is 15.8. The number of para-hydroxylation sites is 1. The quantitative estimate of drug-likeness (QED) is 0.733. The molecule has 0 aliphatic carbocycles. The van der Waals surface area contributed by atoms with Gasteiger partial charge in [0.1, 0.15) is 11.4 Å². The number of benzene rings is 1. The number of pyridine rings is 1. The predicted molar refractivity (Wildman–Crippen MR) is 99.8 cm³/mol. The summed E-state index contributed by atoms with van der Waals surface area (Å²) in [5.41, 5.74) is 1.01. The Labute approximate surface area is 159 Å². The molecule has 1 saturated heterocycles. The lowest BCUT2D eigenvalue weighted by molar-refractivity contribution is -0.149. The van der Waals surface area contributed by atoms with Crippen LogP contribution in [-0.2, 0) is 27.4 Å². The molecule has 0 saturated carbocycles. The zero-order valence-electron chi connectivity index (χ0n) is 15.8. The first kappa shape index (κ1) is 18.9. The molecule has 1 aliphatic heterocycles. The first-order valence-corrected chi connectivity index (χ1v) is 8.92. The maximum absolute atomic E-state index is 13.3. The van der Waals surface area contributed by atoms with Crippen LogP contribution in [0.15, 0.2) is 48.8 Å². The average Bonchev–Trinajstić information content (AvgIpc) is 2.94. The molecule has 2 aromatic rings. The molecule has 1 aromatic carbocycles. The molecule has 0 spiro atoms. The molecule has 0 N–H and O–H groups in total. The van der Waals surface area contributed by atoms with Gasteiger partial charge in [-0.2, -0.15) is 0 Å². The molecule has 3 rings (SSSR count). The van der Waals surface area contributed by atoms with E-state index in [0.717, 1.165) is 16.9 Å². The second kappa shape index (κ2) is 7.78. The minimum Gasteiger partial charge on any atom is -0.496 e. The van der Waals surface area contributed by atoms with E-state index in [9.17, 15) is 9.59 Å². The van der Waals surface area contributed by atoms with Gasteiger partial charge in [-0.1, -0.05) is 24.3 Å². The van der Waals surface area contributed by atoms with Crippen molar-refractivity contribution in [1.82, 2.24) is 9.88 Å². The van der Waals surface area contributed by atoms with Crippen molar-refractivity contribution in [2.45, 2.75) is 39.0 Å². The van der Waals surface area contributed by atoms with E-state index in [2.05, 4.69) is 4.98 Å². The molecule has 1 atom stereocenters. The van der Waals surface area contributed by atoms with Crippen LogP contribution in [0.5, 0.6) is 5.75 Å². The number of rotatable bonds is 6. The number of esters is 1. The average molecular weight is 368 g/mol. The molecule has 142 valence electrons. The standard InChI is InChI=1S/C21H24N2O4/c1-21(2)17(11-19(24)27-21)20(25)23(13-15-7-6-10-22-12-15)14-16-8-4-5-9-18(16)26-3/h4-10,12,17H,11,13-14H2,1-3H3/t17-/m0/s1. The van der Waals surface area contributed by atoms with Gasteiger partial charge in [0.25, 0.3) is 0 Å². The summed E-state index contributed by atoms with van der Waals surface area (Å²) >= 11 is 0. The number of hydrogen-bond donors (Lipinski definition) is 0. The number of amides is 1. The van der Waals surface area contributed by atoms with Gasteiger partial charge in [0, 0.05) is 31.0 Å². The van der Waals surface area contributed by atoms with Crippen LogP contribution in [-0.4, -0.2) is 34.5 Å². The number of carbonyl (C=O) groups excluding carboxylic acids is 2. The predicted octanol–water partition coefficient (Wildman–Crippen LogP) is 2.96. The highest BCUT2D eigenvalue weighted by Gasteiger charge is 2.47. The fraction of sp³-hybridized carbons (Fsp3) is 0.381.